The number of hydrogen-bond donors (Lipinski definition) is 0. The molecule has 0 radical (unpaired) electrons. The van der Waals surface area contributed by atoms with E-state index in [1.165, 1.54) is 31.4 Å². The summed E-state index contributed by atoms with van der Waals surface area (Å²) in [6.07, 6.45) is 1.49. The second-order valence-electron chi connectivity index (χ2n) is 5.82. The average molecular weight is 399 g/mol. The predicted molar refractivity (Wildman–Crippen MR) is 102 cm³/mol. The smallest absolute Gasteiger partial charge is 0.363 e. The Labute approximate surface area is 166 Å². The number of hydrogen-bond acceptors (Lipinski definition) is 7. The Kier molecular flexibility index (Phi) is 6.23. The van der Waals surface area contributed by atoms with Crippen molar-refractivity contribution in [1.82, 2.24) is 0 Å². The lowest BCUT2D eigenvalue weighted by Crippen LogP contribution is -2.13. The van der Waals surface area contributed by atoms with Crippen molar-refractivity contribution in [1.29, 1.82) is 0 Å². The number of benzene rings is 2. The third kappa shape index (κ3) is 4.78. The molecular weight excluding hydrogens is 381 g/mol. The molecule has 0 saturated carbocycles. The first-order chi connectivity index (χ1) is 14.0. The van der Waals surface area contributed by atoms with E-state index < -0.39 is 17.8 Å². The van der Waals surface area contributed by atoms with Gasteiger partial charge in [0.25, 0.3) is 0 Å². The molecule has 0 amide bonds. The molecule has 0 fully saturated rings. The van der Waals surface area contributed by atoms with Crippen LogP contribution in [-0.2, 0) is 19.1 Å². The van der Waals surface area contributed by atoms with E-state index in [-0.39, 0.29) is 23.8 Å². The van der Waals surface area contributed by atoms with E-state index in [2.05, 4.69) is 9.73 Å². The van der Waals surface area contributed by atoms with Crippen LogP contribution < -0.4 is 9.47 Å². The molecule has 1 aliphatic rings. The molecule has 0 bridgehead atoms. The van der Waals surface area contributed by atoms with Gasteiger partial charge in [-0.2, -0.15) is 0 Å². The van der Waals surface area contributed by atoms with Crippen molar-refractivity contribution >= 4 is 23.9 Å². The standard InChI is InChI=1S/C21H18FNO6/c1-3-27-18-11-13(8-9-17(18)28-12-19(24)26-2)10-16-21(25)29-20(23-16)14-6-4-5-7-15(14)22/h4-11H,3,12H2,1-2H3/b16-10+. The molecule has 3 rings (SSSR count). The van der Waals surface area contributed by atoms with E-state index in [0.29, 0.717) is 23.7 Å². The van der Waals surface area contributed by atoms with Crippen LogP contribution in [0.3, 0.4) is 0 Å². The Bertz CT molecular complexity index is 998. The van der Waals surface area contributed by atoms with Crippen molar-refractivity contribution in [3.8, 4) is 11.5 Å². The van der Waals surface area contributed by atoms with Crippen LogP contribution in [0.2, 0.25) is 0 Å². The van der Waals surface area contributed by atoms with Crippen LogP contribution >= 0.6 is 0 Å². The molecule has 0 saturated heterocycles. The van der Waals surface area contributed by atoms with E-state index in [1.807, 2.05) is 0 Å². The van der Waals surface area contributed by atoms with Gasteiger partial charge in [-0.1, -0.05) is 18.2 Å². The fourth-order valence-electron chi connectivity index (χ4n) is 2.51. The Balaban J connectivity index is 1.87. The first kappa shape index (κ1) is 20.1. The Morgan fingerprint density at radius 1 is 1.17 bits per heavy atom. The zero-order chi connectivity index (χ0) is 20.8. The molecule has 1 heterocycles. The number of carbonyl (C=O) groups excluding carboxylic acids is 2. The summed E-state index contributed by atoms with van der Waals surface area (Å²) in [4.78, 5) is 27.5. The van der Waals surface area contributed by atoms with Gasteiger partial charge in [0, 0.05) is 0 Å². The van der Waals surface area contributed by atoms with Crippen molar-refractivity contribution < 1.29 is 32.9 Å². The van der Waals surface area contributed by atoms with E-state index in [1.54, 1.807) is 31.2 Å². The lowest BCUT2D eigenvalue weighted by molar-refractivity contribution is -0.143. The summed E-state index contributed by atoms with van der Waals surface area (Å²) >= 11 is 0. The third-order valence-corrected chi connectivity index (χ3v) is 3.87. The normalized spacial score (nSPS) is 14.4. The zero-order valence-corrected chi connectivity index (χ0v) is 15.8. The largest absolute Gasteiger partial charge is 0.490 e. The van der Waals surface area contributed by atoms with Gasteiger partial charge in [-0.05, 0) is 42.8 Å². The van der Waals surface area contributed by atoms with E-state index in [9.17, 15) is 14.0 Å². The summed E-state index contributed by atoms with van der Waals surface area (Å²) in [6, 6.07) is 10.8. The summed E-state index contributed by atoms with van der Waals surface area (Å²) in [6.45, 7) is 1.90. The highest BCUT2D eigenvalue weighted by Gasteiger charge is 2.26. The molecule has 2 aromatic rings. The van der Waals surface area contributed by atoms with Crippen LogP contribution in [0.25, 0.3) is 6.08 Å². The van der Waals surface area contributed by atoms with Crippen LogP contribution in [0.4, 0.5) is 4.39 Å². The highest BCUT2D eigenvalue weighted by Crippen LogP contribution is 2.30. The second-order valence-corrected chi connectivity index (χ2v) is 5.82. The van der Waals surface area contributed by atoms with Gasteiger partial charge in [0.1, 0.15) is 5.82 Å². The number of carbonyl (C=O) groups is 2. The van der Waals surface area contributed by atoms with E-state index in [0.717, 1.165) is 0 Å². The lowest BCUT2D eigenvalue weighted by atomic mass is 10.1. The van der Waals surface area contributed by atoms with Crippen molar-refractivity contribution in [2.45, 2.75) is 6.92 Å². The molecule has 0 atom stereocenters. The molecule has 0 spiro atoms. The van der Waals surface area contributed by atoms with E-state index >= 15 is 0 Å². The molecule has 150 valence electrons. The average Bonchev–Trinajstić information content (AvgIpc) is 3.07. The number of cyclic esters (lactones) is 1. The van der Waals surface area contributed by atoms with Gasteiger partial charge in [0.2, 0.25) is 5.90 Å². The van der Waals surface area contributed by atoms with Gasteiger partial charge in [0.15, 0.2) is 23.8 Å². The van der Waals surface area contributed by atoms with Crippen LogP contribution in [-0.4, -0.2) is 38.2 Å². The molecular formula is C21H18FNO6. The minimum Gasteiger partial charge on any atom is -0.490 e. The van der Waals surface area contributed by atoms with E-state index in [4.69, 9.17) is 14.2 Å². The van der Waals surface area contributed by atoms with Crippen LogP contribution in [0.1, 0.15) is 18.1 Å². The highest BCUT2D eigenvalue weighted by atomic mass is 19.1. The summed E-state index contributed by atoms with van der Waals surface area (Å²) in [7, 11) is 1.27. The molecule has 0 unspecified atom stereocenters. The summed E-state index contributed by atoms with van der Waals surface area (Å²) < 4.78 is 34.5. The van der Waals surface area contributed by atoms with Crippen molar-refractivity contribution in [2.75, 3.05) is 20.3 Å². The van der Waals surface area contributed by atoms with Gasteiger partial charge in [0.05, 0.1) is 19.3 Å². The van der Waals surface area contributed by atoms with Gasteiger partial charge < -0.3 is 18.9 Å². The molecule has 0 aliphatic carbocycles. The predicted octanol–water partition coefficient (Wildman–Crippen LogP) is 3.12. The Morgan fingerprint density at radius 2 is 1.97 bits per heavy atom. The number of ether oxygens (including phenoxy) is 4. The number of aliphatic imine (C=N–C) groups is 1. The van der Waals surface area contributed by atoms with Gasteiger partial charge >= 0.3 is 11.9 Å². The SMILES string of the molecule is CCOc1cc(/C=C2/N=C(c3ccccc3F)OC2=O)ccc1OCC(=O)OC. The third-order valence-electron chi connectivity index (χ3n) is 3.87. The van der Waals surface area contributed by atoms with Crippen molar-refractivity contribution in [3.63, 3.8) is 0 Å². The minimum absolute atomic E-state index is 0.0222. The Hall–Kier alpha value is -3.68. The number of halogens is 1. The minimum atomic E-state index is -0.688. The fraction of sp³-hybridized carbons (Fsp3) is 0.190. The monoisotopic (exact) mass is 399 g/mol. The summed E-state index contributed by atoms with van der Waals surface area (Å²) in [5.41, 5.74) is 0.712. The molecule has 0 N–H and O–H groups in total. The molecule has 7 nitrogen and oxygen atoms in total. The maximum atomic E-state index is 13.9. The molecule has 0 aromatic heterocycles. The number of rotatable bonds is 7. The summed E-state index contributed by atoms with van der Waals surface area (Å²) in [5.74, 6) is -1.11. The van der Waals surface area contributed by atoms with Gasteiger partial charge in [-0.25, -0.2) is 19.0 Å². The maximum Gasteiger partial charge on any atom is 0.363 e. The molecule has 2 aromatic carbocycles. The number of nitrogens with zero attached hydrogens (tertiary/aromatic N) is 1. The summed E-state index contributed by atoms with van der Waals surface area (Å²) in [5, 5.41) is 0. The van der Waals surface area contributed by atoms with Crippen LogP contribution in [0, 0.1) is 5.82 Å². The number of esters is 2. The molecule has 1 aliphatic heterocycles. The second kappa shape index (κ2) is 9.01. The topological polar surface area (TPSA) is 83.4 Å². The van der Waals surface area contributed by atoms with Crippen LogP contribution in [0.15, 0.2) is 53.2 Å². The Morgan fingerprint density at radius 3 is 2.69 bits per heavy atom. The van der Waals surface area contributed by atoms with Crippen LogP contribution in [0.5, 0.6) is 11.5 Å². The molecule has 29 heavy (non-hydrogen) atoms. The van der Waals surface area contributed by atoms with Gasteiger partial charge in [-0.3, -0.25) is 0 Å². The van der Waals surface area contributed by atoms with Crippen molar-refractivity contribution in [3.05, 3.63) is 65.1 Å². The van der Waals surface area contributed by atoms with Crippen molar-refractivity contribution in [2.24, 2.45) is 4.99 Å². The maximum absolute atomic E-state index is 13.9. The first-order valence-electron chi connectivity index (χ1n) is 8.75. The zero-order valence-electron chi connectivity index (χ0n) is 15.8. The quantitative estimate of drug-likeness (QED) is 0.526. The number of methoxy groups -OCH3 is 1. The lowest BCUT2D eigenvalue weighted by Gasteiger charge is -2.11. The molecule has 8 heteroatoms. The first-order valence-corrected chi connectivity index (χ1v) is 8.75. The highest BCUT2D eigenvalue weighted by molar-refractivity contribution is 6.12. The van der Waals surface area contributed by atoms with Gasteiger partial charge in [-0.15, -0.1) is 0 Å². The fourth-order valence-corrected chi connectivity index (χ4v) is 2.51.